The van der Waals surface area contributed by atoms with Crippen molar-refractivity contribution < 1.29 is 4.74 Å². The summed E-state index contributed by atoms with van der Waals surface area (Å²) >= 11 is 1.85. The molecule has 0 saturated carbocycles. The third-order valence-electron chi connectivity index (χ3n) is 2.77. The molecule has 0 radical (unpaired) electrons. The maximum atomic E-state index is 5.21. The predicted octanol–water partition coefficient (Wildman–Crippen LogP) is 3.62. The average Bonchev–Trinajstić information content (AvgIpc) is 2.76. The molecule has 1 atom stereocenters. The molecule has 0 aromatic heterocycles. The van der Waals surface area contributed by atoms with E-state index in [0.29, 0.717) is 5.25 Å². The number of methoxy groups -OCH3 is 1. The van der Waals surface area contributed by atoms with Crippen LogP contribution in [0, 0.1) is 5.92 Å². The van der Waals surface area contributed by atoms with Crippen LogP contribution < -0.4 is 10.1 Å². The van der Waals surface area contributed by atoms with Gasteiger partial charge in [-0.2, -0.15) is 0 Å². The van der Waals surface area contributed by atoms with Crippen molar-refractivity contribution in [1.82, 2.24) is 0 Å². The minimum absolute atomic E-state index is 0.623. The van der Waals surface area contributed by atoms with E-state index >= 15 is 0 Å². The number of ether oxygens (including phenoxy) is 1. The normalized spacial score (nSPS) is 18.9. The second-order valence-corrected chi connectivity index (χ2v) is 6.16. The van der Waals surface area contributed by atoms with E-state index in [1.165, 1.54) is 6.42 Å². The minimum Gasteiger partial charge on any atom is -0.497 e. The zero-order valence-electron chi connectivity index (χ0n) is 11.1. The quantitative estimate of drug-likeness (QED) is 0.901. The van der Waals surface area contributed by atoms with Crippen LogP contribution in [0.25, 0.3) is 0 Å². The Morgan fingerprint density at radius 2 is 2.33 bits per heavy atom. The highest BCUT2D eigenvalue weighted by molar-refractivity contribution is 8.15. The second kappa shape index (κ2) is 6.14. The Bertz CT molecular complexity index is 432. The van der Waals surface area contributed by atoms with Crippen LogP contribution in [0.3, 0.4) is 0 Å². The van der Waals surface area contributed by atoms with Gasteiger partial charge in [0.15, 0.2) is 5.17 Å². The van der Waals surface area contributed by atoms with Gasteiger partial charge in [0.1, 0.15) is 5.75 Å². The Kier molecular flexibility index (Phi) is 4.53. The molecule has 18 heavy (non-hydrogen) atoms. The van der Waals surface area contributed by atoms with E-state index in [-0.39, 0.29) is 0 Å². The summed E-state index contributed by atoms with van der Waals surface area (Å²) in [7, 11) is 1.68. The van der Waals surface area contributed by atoms with Crippen molar-refractivity contribution in [3.8, 4) is 5.75 Å². The lowest BCUT2D eigenvalue weighted by Gasteiger charge is -2.11. The van der Waals surface area contributed by atoms with E-state index in [9.17, 15) is 0 Å². The third-order valence-corrected chi connectivity index (χ3v) is 3.90. The van der Waals surface area contributed by atoms with Gasteiger partial charge in [-0.3, -0.25) is 4.99 Å². The number of aliphatic imine (C=N–C) groups is 1. The summed E-state index contributed by atoms with van der Waals surface area (Å²) in [6, 6.07) is 7.93. The van der Waals surface area contributed by atoms with Crippen LogP contribution in [0.15, 0.2) is 29.3 Å². The van der Waals surface area contributed by atoms with Crippen LogP contribution in [0.2, 0.25) is 0 Å². The summed E-state index contributed by atoms with van der Waals surface area (Å²) < 4.78 is 5.21. The van der Waals surface area contributed by atoms with Gasteiger partial charge in [-0.15, -0.1) is 0 Å². The van der Waals surface area contributed by atoms with Crippen molar-refractivity contribution in [2.24, 2.45) is 10.9 Å². The van der Waals surface area contributed by atoms with Gasteiger partial charge in [0.05, 0.1) is 13.7 Å². The van der Waals surface area contributed by atoms with E-state index in [0.717, 1.165) is 29.1 Å². The van der Waals surface area contributed by atoms with Crippen LogP contribution in [-0.4, -0.2) is 24.1 Å². The number of hydrogen-bond donors (Lipinski definition) is 1. The maximum absolute atomic E-state index is 5.21. The molecular weight excluding hydrogens is 244 g/mol. The first-order valence-electron chi connectivity index (χ1n) is 6.29. The fourth-order valence-corrected chi connectivity index (χ4v) is 3.23. The van der Waals surface area contributed by atoms with Crippen molar-refractivity contribution in [3.63, 3.8) is 0 Å². The number of rotatable bonds is 4. The number of nitrogens with zero attached hydrogens (tertiary/aromatic N) is 1. The Labute approximate surface area is 113 Å². The van der Waals surface area contributed by atoms with Crippen LogP contribution in [0.1, 0.15) is 20.3 Å². The van der Waals surface area contributed by atoms with Gasteiger partial charge in [-0.05, 0) is 24.5 Å². The number of nitrogens with one attached hydrogen (secondary N) is 1. The summed E-state index contributed by atoms with van der Waals surface area (Å²) in [4.78, 5) is 4.55. The van der Waals surface area contributed by atoms with Crippen molar-refractivity contribution in [3.05, 3.63) is 24.3 Å². The molecule has 3 nitrogen and oxygen atoms in total. The summed E-state index contributed by atoms with van der Waals surface area (Å²) in [5.41, 5.74) is 1.03. The summed E-state index contributed by atoms with van der Waals surface area (Å²) in [5, 5.41) is 5.00. The van der Waals surface area contributed by atoms with Crippen LogP contribution in [-0.2, 0) is 0 Å². The van der Waals surface area contributed by atoms with Crippen molar-refractivity contribution in [2.45, 2.75) is 25.5 Å². The van der Waals surface area contributed by atoms with Gasteiger partial charge in [0.25, 0.3) is 0 Å². The van der Waals surface area contributed by atoms with E-state index in [1.54, 1.807) is 7.11 Å². The monoisotopic (exact) mass is 264 g/mol. The first kappa shape index (κ1) is 13.3. The molecule has 1 aromatic carbocycles. The zero-order valence-corrected chi connectivity index (χ0v) is 12.0. The van der Waals surface area contributed by atoms with Crippen LogP contribution in [0.5, 0.6) is 5.75 Å². The number of anilines is 1. The molecular formula is C14H20N2OS. The highest BCUT2D eigenvalue weighted by Crippen LogP contribution is 2.28. The molecule has 0 aliphatic carbocycles. The summed E-state index contributed by atoms with van der Waals surface area (Å²) in [6.45, 7) is 5.44. The minimum atomic E-state index is 0.623. The largest absolute Gasteiger partial charge is 0.497 e. The van der Waals surface area contributed by atoms with E-state index in [2.05, 4.69) is 24.2 Å². The Morgan fingerprint density at radius 3 is 3.06 bits per heavy atom. The van der Waals surface area contributed by atoms with Gasteiger partial charge in [0.2, 0.25) is 0 Å². The SMILES string of the molecule is COc1cccc(NC2=NCC(CC(C)C)S2)c1. The first-order valence-corrected chi connectivity index (χ1v) is 7.17. The standard InChI is InChI=1S/C14H20N2OS/c1-10(2)7-13-9-15-14(18-13)16-11-5-4-6-12(8-11)17-3/h4-6,8,10,13H,7,9H2,1-3H3,(H,15,16). The van der Waals surface area contributed by atoms with Gasteiger partial charge in [0, 0.05) is 17.0 Å². The van der Waals surface area contributed by atoms with Crippen LogP contribution >= 0.6 is 11.8 Å². The van der Waals surface area contributed by atoms with Crippen molar-refractivity contribution in [2.75, 3.05) is 19.0 Å². The highest BCUT2D eigenvalue weighted by Gasteiger charge is 2.20. The summed E-state index contributed by atoms with van der Waals surface area (Å²) in [6.07, 6.45) is 1.22. The molecule has 1 aliphatic rings. The molecule has 1 aromatic rings. The molecule has 1 unspecified atom stereocenters. The Balaban J connectivity index is 1.91. The molecule has 0 bridgehead atoms. The Hall–Kier alpha value is -1.16. The zero-order chi connectivity index (χ0) is 13.0. The number of thioether (sulfide) groups is 1. The van der Waals surface area contributed by atoms with Gasteiger partial charge in [-0.25, -0.2) is 0 Å². The molecule has 0 fully saturated rings. The van der Waals surface area contributed by atoms with Gasteiger partial charge < -0.3 is 10.1 Å². The molecule has 0 saturated heterocycles. The molecule has 1 N–H and O–H groups in total. The van der Waals surface area contributed by atoms with E-state index in [4.69, 9.17) is 4.74 Å². The lowest BCUT2D eigenvalue weighted by molar-refractivity contribution is 0.415. The predicted molar refractivity (Wildman–Crippen MR) is 79.8 cm³/mol. The smallest absolute Gasteiger partial charge is 0.161 e. The average molecular weight is 264 g/mol. The topological polar surface area (TPSA) is 33.6 Å². The fraction of sp³-hybridized carbons (Fsp3) is 0.500. The highest BCUT2D eigenvalue weighted by atomic mass is 32.2. The lowest BCUT2D eigenvalue weighted by atomic mass is 10.1. The molecule has 0 amide bonds. The number of hydrogen-bond acceptors (Lipinski definition) is 4. The molecule has 0 spiro atoms. The number of benzene rings is 1. The molecule has 98 valence electrons. The molecule has 2 rings (SSSR count). The molecule has 4 heteroatoms. The van der Waals surface area contributed by atoms with Gasteiger partial charge in [-0.1, -0.05) is 31.7 Å². The fourth-order valence-electron chi connectivity index (χ4n) is 1.96. The first-order chi connectivity index (χ1) is 8.67. The lowest BCUT2D eigenvalue weighted by Crippen LogP contribution is -2.09. The summed E-state index contributed by atoms with van der Waals surface area (Å²) in [5.74, 6) is 1.59. The van der Waals surface area contributed by atoms with Crippen LogP contribution in [0.4, 0.5) is 5.69 Å². The maximum Gasteiger partial charge on any atom is 0.161 e. The van der Waals surface area contributed by atoms with E-state index in [1.807, 2.05) is 36.0 Å². The second-order valence-electron chi connectivity index (χ2n) is 4.87. The van der Waals surface area contributed by atoms with Gasteiger partial charge >= 0.3 is 0 Å². The Morgan fingerprint density at radius 1 is 1.50 bits per heavy atom. The number of amidine groups is 1. The molecule has 1 aliphatic heterocycles. The van der Waals surface area contributed by atoms with E-state index < -0.39 is 0 Å². The van der Waals surface area contributed by atoms with Crippen molar-refractivity contribution >= 4 is 22.6 Å². The van der Waals surface area contributed by atoms with Crippen molar-refractivity contribution in [1.29, 1.82) is 0 Å². The molecule has 1 heterocycles. The third kappa shape index (κ3) is 3.67.